The van der Waals surface area contributed by atoms with Crippen molar-refractivity contribution in [1.82, 2.24) is 4.90 Å². The minimum absolute atomic E-state index is 0.130. The number of halogens is 3. The first-order chi connectivity index (χ1) is 7.73. The molecule has 0 aliphatic carbocycles. The third kappa shape index (κ3) is 3.34. The van der Waals surface area contributed by atoms with E-state index in [1.54, 1.807) is 0 Å². The summed E-state index contributed by atoms with van der Waals surface area (Å²) in [6.07, 6.45) is -3.75. The molecule has 0 aromatic carbocycles. The van der Waals surface area contributed by atoms with Gasteiger partial charge in [0.05, 0.1) is 5.92 Å². The second kappa shape index (κ2) is 4.93. The van der Waals surface area contributed by atoms with E-state index in [0.29, 0.717) is 12.8 Å². The van der Waals surface area contributed by atoms with Gasteiger partial charge in [-0.15, -0.1) is 0 Å². The molecular weight excluding hydrogens is 239 g/mol. The molecule has 17 heavy (non-hydrogen) atoms. The lowest BCUT2D eigenvalue weighted by Crippen LogP contribution is -2.47. The number of carbonyl (C=O) groups is 2. The highest BCUT2D eigenvalue weighted by Gasteiger charge is 2.44. The highest BCUT2D eigenvalue weighted by atomic mass is 19.4. The highest BCUT2D eigenvalue weighted by molar-refractivity contribution is 5.80. The molecule has 0 saturated carbocycles. The molecule has 1 saturated heterocycles. The van der Waals surface area contributed by atoms with Crippen LogP contribution in [0, 0.1) is 11.8 Å². The van der Waals surface area contributed by atoms with Crippen LogP contribution in [-0.2, 0) is 9.59 Å². The topological polar surface area (TPSA) is 57.6 Å². The molecule has 7 heteroatoms. The molecule has 0 bridgehead atoms. The summed E-state index contributed by atoms with van der Waals surface area (Å²) in [5, 5.41) is 8.78. The SMILES string of the molecule is CC(C(=O)N1CCCC(C(=O)O)C1)C(F)(F)F. The van der Waals surface area contributed by atoms with Crippen LogP contribution < -0.4 is 0 Å². The van der Waals surface area contributed by atoms with E-state index in [1.165, 1.54) is 0 Å². The molecule has 1 aliphatic rings. The van der Waals surface area contributed by atoms with Crippen LogP contribution in [0.1, 0.15) is 19.8 Å². The van der Waals surface area contributed by atoms with Crippen LogP contribution in [0.5, 0.6) is 0 Å². The van der Waals surface area contributed by atoms with Gasteiger partial charge in [0.25, 0.3) is 0 Å². The Morgan fingerprint density at radius 1 is 1.41 bits per heavy atom. The first kappa shape index (κ1) is 13.8. The van der Waals surface area contributed by atoms with Gasteiger partial charge < -0.3 is 10.0 Å². The fourth-order valence-corrected chi connectivity index (χ4v) is 1.79. The number of amides is 1. The van der Waals surface area contributed by atoms with Gasteiger partial charge in [-0.1, -0.05) is 0 Å². The number of aliphatic carboxylic acids is 1. The van der Waals surface area contributed by atoms with E-state index in [1.807, 2.05) is 0 Å². The second-order valence-electron chi connectivity index (χ2n) is 4.22. The smallest absolute Gasteiger partial charge is 0.400 e. The number of hydrogen-bond donors (Lipinski definition) is 1. The van der Waals surface area contributed by atoms with Crippen LogP contribution in [0.3, 0.4) is 0 Å². The van der Waals surface area contributed by atoms with Gasteiger partial charge in [-0.05, 0) is 19.8 Å². The minimum atomic E-state index is -4.58. The maximum atomic E-state index is 12.3. The van der Waals surface area contributed by atoms with Gasteiger partial charge in [-0.25, -0.2) is 0 Å². The van der Waals surface area contributed by atoms with Crippen molar-refractivity contribution < 1.29 is 27.9 Å². The molecule has 2 unspecified atom stereocenters. The number of carbonyl (C=O) groups excluding carboxylic acids is 1. The van der Waals surface area contributed by atoms with E-state index < -0.39 is 29.9 Å². The van der Waals surface area contributed by atoms with Crippen molar-refractivity contribution in [2.45, 2.75) is 25.9 Å². The zero-order valence-electron chi connectivity index (χ0n) is 9.33. The number of carboxylic acids is 1. The Morgan fingerprint density at radius 2 is 2.00 bits per heavy atom. The summed E-state index contributed by atoms with van der Waals surface area (Å²) in [6.45, 7) is 0.865. The summed E-state index contributed by atoms with van der Waals surface area (Å²) >= 11 is 0. The van der Waals surface area contributed by atoms with Gasteiger partial charge >= 0.3 is 12.1 Å². The van der Waals surface area contributed by atoms with Crippen molar-refractivity contribution in [3.05, 3.63) is 0 Å². The number of rotatable bonds is 2. The Balaban J connectivity index is 2.67. The van der Waals surface area contributed by atoms with Gasteiger partial charge in [-0.2, -0.15) is 13.2 Å². The predicted octanol–water partition coefficient (Wildman–Crippen LogP) is 1.51. The summed E-state index contributed by atoms with van der Waals surface area (Å²) in [7, 11) is 0. The van der Waals surface area contributed by atoms with Gasteiger partial charge in [0, 0.05) is 13.1 Å². The van der Waals surface area contributed by atoms with Crippen LogP contribution in [-0.4, -0.2) is 41.1 Å². The van der Waals surface area contributed by atoms with Crippen LogP contribution in [0.4, 0.5) is 13.2 Å². The standard InChI is InChI=1S/C10H14F3NO3/c1-6(10(11,12)13)8(15)14-4-2-3-7(5-14)9(16)17/h6-7H,2-5H2,1H3,(H,16,17). The predicted molar refractivity (Wildman–Crippen MR) is 52.2 cm³/mol. The van der Waals surface area contributed by atoms with Gasteiger partial charge in [-0.3, -0.25) is 9.59 Å². The molecule has 0 aromatic heterocycles. The lowest BCUT2D eigenvalue weighted by molar-refractivity contribution is -0.186. The molecule has 4 nitrogen and oxygen atoms in total. The van der Waals surface area contributed by atoms with Crippen LogP contribution >= 0.6 is 0 Å². The van der Waals surface area contributed by atoms with Crippen LogP contribution in [0.15, 0.2) is 0 Å². The average Bonchev–Trinajstić information content (AvgIpc) is 2.26. The zero-order valence-corrected chi connectivity index (χ0v) is 9.33. The summed E-state index contributed by atoms with van der Waals surface area (Å²) in [6, 6.07) is 0. The van der Waals surface area contributed by atoms with Crippen molar-refractivity contribution in [1.29, 1.82) is 0 Å². The quantitative estimate of drug-likeness (QED) is 0.811. The van der Waals surface area contributed by atoms with Crippen LogP contribution in [0.25, 0.3) is 0 Å². The fraction of sp³-hybridized carbons (Fsp3) is 0.800. The molecule has 1 rings (SSSR count). The monoisotopic (exact) mass is 253 g/mol. The Morgan fingerprint density at radius 3 is 2.47 bits per heavy atom. The summed E-state index contributed by atoms with van der Waals surface area (Å²) in [4.78, 5) is 23.3. The maximum Gasteiger partial charge on any atom is 0.400 e. The van der Waals surface area contributed by atoms with Crippen molar-refractivity contribution in [2.75, 3.05) is 13.1 Å². The van der Waals surface area contributed by atoms with Crippen molar-refractivity contribution >= 4 is 11.9 Å². The number of carboxylic acid groups (broad SMARTS) is 1. The Kier molecular flexibility index (Phi) is 4.00. The summed E-state index contributed by atoms with van der Waals surface area (Å²) < 4.78 is 37.0. The molecule has 0 spiro atoms. The zero-order chi connectivity index (χ0) is 13.2. The summed E-state index contributed by atoms with van der Waals surface area (Å²) in [5.74, 6) is -4.94. The maximum absolute atomic E-state index is 12.3. The first-order valence-corrected chi connectivity index (χ1v) is 5.31. The van der Waals surface area contributed by atoms with Crippen molar-refractivity contribution in [2.24, 2.45) is 11.8 Å². The van der Waals surface area contributed by atoms with E-state index >= 15 is 0 Å². The lowest BCUT2D eigenvalue weighted by atomic mass is 9.97. The molecule has 1 aliphatic heterocycles. The molecule has 1 amide bonds. The largest absolute Gasteiger partial charge is 0.481 e. The van der Waals surface area contributed by atoms with E-state index in [9.17, 15) is 22.8 Å². The van der Waals surface area contributed by atoms with E-state index in [-0.39, 0.29) is 13.1 Å². The van der Waals surface area contributed by atoms with Crippen molar-refractivity contribution in [3.8, 4) is 0 Å². The number of hydrogen-bond acceptors (Lipinski definition) is 2. The summed E-state index contributed by atoms with van der Waals surface area (Å²) in [5.41, 5.74) is 0. The van der Waals surface area contributed by atoms with Gasteiger partial charge in [0.2, 0.25) is 5.91 Å². The highest BCUT2D eigenvalue weighted by Crippen LogP contribution is 2.29. The number of piperidine rings is 1. The molecule has 1 fully saturated rings. The molecule has 98 valence electrons. The Labute approximate surface area is 96.4 Å². The Hall–Kier alpha value is -1.27. The normalized spacial score (nSPS) is 23.3. The average molecular weight is 253 g/mol. The fourth-order valence-electron chi connectivity index (χ4n) is 1.79. The van der Waals surface area contributed by atoms with Crippen LogP contribution in [0.2, 0.25) is 0 Å². The van der Waals surface area contributed by atoms with E-state index in [0.717, 1.165) is 11.8 Å². The molecule has 0 aromatic rings. The second-order valence-corrected chi connectivity index (χ2v) is 4.22. The molecular formula is C10H14F3NO3. The number of alkyl halides is 3. The third-order valence-electron chi connectivity index (χ3n) is 2.94. The van der Waals surface area contributed by atoms with Gasteiger partial charge in [0.1, 0.15) is 5.92 Å². The molecule has 2 atom stereocenters. The van der Waals surface area contributed by atoms with Crippen molar-refractivity contribution in [3.63, 3.8) is 0 Å². The molecule has 0 radical (unpaired) electrons. The van der Waals surface area contributed by atoms with E-state index in [2.05, 4.69) is 0 Å². The molecule has 1 N–H and O–H groups in total. The van der Waals surface area contributed by atoms with Gasteiger partial charge in [0.15, 0.2) is 0 Å². The number of nitrogens with zero attached hydrogens (tertiary/aromatic N) is 1. The number of likely N-dealkylation sites (tertiary alicyclic amines) is 1. The minimum Gasteiger partial charge on any atom is -0.481 e. The Bertz CT molecular complexity index is 316. The van der Waals surface area contributed by atoms with E-state index in [4.69, 9.17) is 5.11 Å². The first-order valence-electron chi connectivity index (χ1n) is 5.31. The molecule has 1 heterocycles. The lowest BCUT2D eigenvalue weighted by Gasteiger charge is -2.32. The third-order valence-corrected chi connectivity index (χ3v) is 2.94.